The van der Waals surface area contributed by atoms with E-state index in [0.29, 0.717) is 12.4 Å². The summed E-state index contributed by atoms with van der Waals surface area (Å²) >= 11 is 0. The molecule has 0 spiro atoms. The lowest BCUT2D eigenvalue weighted by Gasteiger charge is -2.29. The number of anilines is 1. The molecule has 0 saturated heterocycles. The van der Waals surface area contributed by atoms with E-state index in [1.807, 2.05) is 11.8 Å². The molecule has 0 aromatic carbocycles. The van der Waals surface area contributed by atoms with E-state index < -0.39 is 10.9 Å². The summed E-state index contributed by atoms with van der Waals surface area (Å²) in [6.45, 7) is 2.57. The number of aromatic nitrogens is 1. The number of hydrogen-bond donors (Lipinski definition) is 1. The van der Waals surface area contributed by atoms with E-state index in [1.165, 1.54) is 0 Å². The normalized spacial score (nSPS) is 15.2. The Bertz CT molecular complexity index is 526. The summed E-state index contributed by atoms with van der Waals surface area (Å²) in [5.41, 5.74) is -0.401. The fourth-order valence-electron chi connectivity index (χ4n) is 2.73. The van der Waals surface area contributed by atoms with E-state index in [1.54, 1.807) is 0 Å². The van der Waals surface area contributed by atoms with Gasteiger partial charge in [0.15, 0.2) is 0 Å². The Hall–Kier alpha value is -2.18. The minimum absolute atomic E-state index is 0.104. The molecule has 0 bridgehead atoms. The van der Waals surface area contributed by atoms with Crippen molar-refractivity contribution >= 4 is 17.5 Å². The fourth-order valence-corrected chi connectivity index (χ4v) is 2.73. The van der Waals surface area contributed by atoms with Gasteiger partial charge in [-0.1, -0.05) is 12.8 Å². The van der Waals surface area contributed by atoms with Gasteiger partial charge in [0.05, 0.1) is 4.92 Å². The Morgan fingerprint density at radius 1 is 1.55 bits per heavy atom. The highest BCUT2D eigenvalue weighted by Crippen LogP contribution is 2.30. The van der Waals surface area contributed by atoms with Crippen LogP contribution in [0.1, 0.15) is 43.0 Å². The van der Waals surface area contributed by atoms with Crippen molar-refractivity contribution < 1.29 is 14.8 Å². The highest BCUT2D eigenvalue weighted by atomic mass is 16.6. The van der Waals surface area contributed by atoms with E-state index in [-0.39, 0.29) is 17.3 Å². The van der Waals surface area contributed by atoms with Crippen molar-refractivity contribution in [2.75, 3.05) is 11.4 Å². The van der Waals surface area contributed by atoms with Crippen molar-refractivity contribution in [1.82, 2.24) is 4.98 Å². The van der Waals surface area contributed by atoms with Crippen LogP contribution < -0.4 is 4.90 Å². The van der Waals surface area contributed by atoms with Crippen LogP contribution in [0.4, 0.5) is 11.5 Å². The van der Waals surface area contributed by atoms with Crippen molar-refractivity contribution in [2.45, 2.75) is 38.6 Å². The van der Waals surface area contributed by atoms with Crippen molar-refractivity contribution in [3.05, 3.63) is 27.9 Å². The van der Waals surface area contributed by atoms with Crippen LogP contribution >= 0.6 is 0 Å². The summed E-state index contributed by atoms with van der Waals surface area (Å²) in [6, 6.07) is 1.36. The van der Waals surface area contributed by atoms with Gasteiger partial charge < -0.3 is 10.0 Å². The second kappa shape index (κ2) is 5.85. The van der Waals surface area contributed by atoms with Crippen molar-refractivity contribution in [3.63, 3.8) is 0 Å². The average molecular weight is 279 g/mol. The monoisotopic (exact) mass is 279 g/mol. The largest absolute Gasteiger partial charge is 0.478 e. The molecule has 7 heteroatoms. The number of carbonyl (C=O) groups is 1. The second-order valence-corrected chi connectivity index (χ2v) is 4.85. The van der Waals surface area contributed by atoms with E-state index in [0.717, 1.165) is 37.9 Å². The molecular weight excluding hydrogens is 262 g/mol. The Morgan fingerprint density at radius 3 is 2.70 bits per heavy atom. The molecule has 108 valence electrons. The van der Waals surface area contributed by atoms with E-state index >= 15 is 0 Å². The van der Waals surface area contributed by atoms with Gasteiger partial charge in [0.2, 0.25) is 0 Å². The van der Waals surface area contributed by atoms with Gasteiger partial charge in [-0.3, -0.25) is 10.1 Å². The number of rotatable bonds is 5. The molecule has 7 nitrogen and oxygen atoms in total. The molecule has 1 heterocycles. The lowest BCUT2D eigenvalue weighted by atomic mass is 10.1. The number of aromatic carboxylic acids is 1. The lowest BCUT2D eigenvalue weighted by Crippen LogP contribution is -2.35. The summed E-state index contributed by atoms with van der Waals surface area (Å²) in [6.07, 6.45) is 5.38. The predicted octanol–water partition coefficient (Wildman–Crippen LogP) is 2.46. The number of carboxylic acid groups (broad SMARTS) is 1. The van der Waals surface area contributed by atoms with Gasteiger partial charge in [0.1, 0.15) is 17.6 Å². The molecule has 1 aromatic rings. The second-order valence-electron chi connectivity index (χ2n) is 4.85. The van der Waals surface area contributed by atoms with Gasteiger partial charge in [-0.05, 0) is 19.8 Å². The maximum atomic E-state index is 11.3. The van der Waals surface area contributed by atoms with Crippen LogP contribution in [0.3, 0.4) is 0 Å². The third-order valence-electron chi connectivity index (χ3n) is 3.67. The van der Waals surface area contributed by atoms with Gasteiger partial charge in [-0.15, -0.1) is 0 Å². The van der Waals surface area contributed by atoms with Crippen LogP contribution in [0.5, 0.6) is 0 Å². The molecule has 0 unspecified atom stereocenters. The molecule has 1 N–H and O–H groups in total. The van der Waals surface area contributed by atoms with Gasteiger partial charge in [0.25, 0.3) is 5.69 Å². The number of nitrogens with zero attached hydrogens (tertiary/aromatic N) is 3. The highest BCUT2D eigenvalue weighted by molar-refractivity contribution is 5.94. The van der Waals surface area contributed by atoms with Crippen LogP contribution in [-0.2, 0) is 0 Å². The Balaban J connectivity index is 2.42. The number of pyridine rings is 1. The number of nitro groups is 1. The highest BCUT2D eigenvalue weighted by Gasteiger charge is 2.27. The first-order valence-electron chi connectivity index (χ1n) is 6.69. The molecule has 0 radical (unpaired) electrons. The smallest absolute Gasteiger partial charge is 0.339 e. The first kappa shape index (κ1) is 14.2. The zero-order valence-corrected chi connectivity index (χ0v) is 11.3. The van der Waals surface area contributed by atoms with Gasteiger partial charge in [0, 0.05) is 18.7 Å². The van der Waals surface area contributed by atoms with Crippen molar-refractivity contribution in [2.24, 2.45) is 0 Å². The van der Waals surface area contributed by atoms with Gasteiger partial charge in [-0.25, -0.2) is 9.78 Å². The maximum absolute atomic E-state index is 11.3. The SMILES string of the molecule is CCN(c1ncc([N+](=O)[O-])cc1C(=O)O)C1CCCC1. The molecule has 0 amide bonds. The Kier molecular flexibility index (Phi) is 4.16. The molecule has 1 aromatic heterocycles. The zero-order valence-electron chi connectivity index (χ0n) is 11.3. The molecule has 0 aliphatic heterocycles. The van der Waals surface area contributed by atoms with E-state index in [2.05, 4.69) is 4.98 Å². The summed E-state index contributed by atoms with van der Waals surface area (Å²) < 4.78 is 0. The van der Waals surface area contributed by atoms with Gasteiger partial charge >= 0.3 is 5.97 Å². The molecule has 0 atom stereocenters. The molecule has 1 aliphatic carbocycles. The molecule has 2 rings (SSSR count). The fraction of sp³-hybridized carbons (Fsp3) is 0.538. The molecular formula is C13H17N3O4. The zero-order chi connectivity index (χ0) is 14.7. The third kappa shape index (κ3) is 2.71. The number of carboxylic acids is 1. The number of hydrogen-bond acceptors (Lipinski definition) is 5. The topological polar surface area (TPSA) is 96.6 Å². The maximum Gasteiger partial charge on any atom is 0.339 e. The standard InChI is InChI=1S/C13H17N3O4/c1-2-15(9-5-3-4-6-9)12-11(13(17)18)7-10(8-14-12)16(19)20/h7-9H,2-6H2,1H3,(H,17,18). The Morgan fingerprint density at radius 2 is 2.20 bits per heavy atom. The molecule has 20 heavy (non-hydrogen) atoms. The van der Waals surface area contributed by atoms with E-state index in [4.69, 9.17) is 0 Å². The summed E-state index contributed by atoms with van der Waals surface area (Å²) in [4.78, 5) is 27.4. The minimum atomic E-state index is -1.19. The lowest BCUT2D eigenvalue weighted by molar-refractivity contribution is -0.385. The quantitative estimate of drug-likeness (QED) is 0.657. The van der Waals surface area contributed by atoms with Crippen LogP contribution in [0.2, 0.25) is 0 Å². The summed E-state index contributed by atoms with van der Waals surface area (Å²) in [7, 11) is 0. The Labute approximate surface area is 116 Å². The van der Waals surface area contributed by atoms with Crippen LogP contribution in [0, 0.1) is 10.1 Å². The van der Waals surface area contributed by atoms with Crippen LogP contribution in [-0.4, -0.2) is 33.6 Å². The average Bonchev–Trinajstić information content (AvgIpc) is 2.93. The van der Waals surface area contributed by atoms with Crippen LogP contribution in [0.15, 0.2) is 12.3 Å². The molecule has 1 aliphatic rings. The van der Waals surface area contributed by atoms with Gasteiger partial charge in [-0.2, -0.15) is 0 Å². The predicted molar refractivity (Wildman–Crippen MR) is 73.1 cm³/mol. The minimum Gasteiger partial charge on any atom is -0.478 e. The van der Waals surface area contributed by atoms with Crippen molar-refractivity contribution in [3.8, 4) is 0 Å². The van der Waals surface area contributed by atoms with E-state index in [9.17, 15) is 20.0 Å². The third-order valence-corrected chi connectivity index (χ3v) is 3.67. The summed E-state index contributed by atoms with van der Waals surface area (Å²) in [5.74, 6) is -0.856. The summed E-state index contributed by atoms with van der Waals surface area (Å²) in [5, 5.41) is 20.0. The first-order valence-corrected chi connectivity index (χ1v) is 6.69. The molecule has 1 fully saturated rings. The van der Waals surface area contributed by atoms with Crippen LogP contribution in [0.25, 0.3) is 0 Å². The molecule has 1 saturated carbocycles. The van der Waals surface area contributed by atoms with Crippen molar-refractivity contribution in [1.29, 1.82) is 0 Å². The first-order chi connectivity index (χ1) is 9.54.